The molecule has 0 spiro atoms. The molecule has 0 atom stereocenters. The van der Waals surface area contributed by atoms with Crippen molar-refractivity contribution in [3.8, 4) is 0 Å². The first-order valence-electron chi connectivity index (χ1n) is 9.10. The van der Waals surface area contributed by atoms with Gasteiger partial charge in [-0.15, -0.1) is 0 Å². The number of thiocarbonyl (C=S) groups is 1. The molecule has 5 nitrogen and oxygen atoms in total. The number of carbonyl (C=O) groups excluding carboxylic acids is 1. The van der Waals surface area contributed by atoms with Crippen LogP contribution in [0.15, 0.2) is 48.5 Å². The van der Waals surface area contributed by atoms with Crippen molar-refractivity contribution in [2.75, 3.05) is 37.0 Å². The van der Waals surface area contributed by atoms with Crippen LogP contribution < -0.4 is 15.5 Å². The molecule has 0 radical (unpaired) electrons. The summed E-state index contributed by atoms with van der Waals surface area (Å²) >= 11 is 5.37. The van der Waals surface area contributed by atoms with E-state index in [9.17, 15) is 4.79 Å². The molecule has 27 heavy (non-hydrogen) atoms. The van der Waals surface area contributed by atoms with Gasteiger partial charge in [0.1, 0.15) is 0 Å². The van der Waals surface area contributed by atoms with Crippen molar-refractivity contribution in [2.24, 2.45) is 0 Å². The van der Waals surface area contributed by atoms with E-state index in [1.165, 1.54) is 5.69 Å². The third-order valence-corrected chi connectivity index (χ3v) is 4.38. The Morgan fingerprint density at radius 1 is 1.19 bits per heavy atom. The summed E-state index contributed by atoms with van der Waals surface area (Å²) in [6.45, 7) is 5.81. The maximum absolute atomic E-state index is 11.8. The lowest BCUT2D eigenvalue weighted by atomic mass is 10.1. The molecule has 0 saturated heterocycles. The Hall–Kier alpha value is -2.60. The SMILES string of the molecule is CCOC(=O)c1ccc(NC(=S)NCCCN(C)c2ccccc2)c(C)c1. The molecule has 144 valence electrons. The van der Waals surface area contributed by atoms with E-state index in [0.29, 0.717) is 17.3 Å². The lowest BCUT2D eigenvalue weighted by Gasteiger charge is -2.19. The van der Waals surface area contributed by atoms with Crippen molar-refractivity contribution in [3.63, 3.8) is 0 Å². The molecule has 0 aliphatic carbocycles. The molecule has 0 amide bonds. The zero-order valence-corrected chi connectivity index (χ0v) is 16.9. The van der Waals surface area contributed by atoms with Crippen LogP contribution in [0.4, 0.5) is 11.4 Å². The minimum atomic E-state index is -0.310. The molecular weight excluding hydrogens is 358 g/mol. The van der Waals surface area contributed by atoms with Crippen LogP contribution in [0.2, 0.25) is 0 Å². The van der Waals surface area contributed by atoms with Crippen LogP contribution in [-0.4, -0.2) is 37.8 Å². The fourth-order valence-corrected chi connectivity index (χ4v) is 2.85. The number of ether oxygens (including phenoxy) is 1. The molecule has 0 heterocycles. The molecular formula is C21H27N3O2S. The van der Waals surface area contributed by atoms with Crippen molar-refractivity contribution in [3.05, 3.63) is 59.7 Å². The normalized spacial score (nSPS) is 10.2. The van der Waals surface area contributed by atoms with E-state index in [-0.39, 0.29) is 5.97 Å². The van der Waals surface area contributed by atoms with E-state index < -0.39 is 0 Å². The Morgan fingerprint density at radius 2 is 1.93 bits per heavy atom. The quantitative estimate of drug-likeness (QED) is 0.407. The predicted molar refractivity (Wildman–Crippen MR) is 116 cm³/mol. The number of esters is 1. The standard InChI is InChI=1S/C21H27N3O2S/c1-4-26-20(25)17-11-12-19(16(2)15-17)23-21(27)22-13-8-14-24(3)18-9-6-5-7-10-18/h5-7,9-12,15H,4,8,13-14H2,1-3H3,(H2,22,23,27). The molecule has 0 aliphatic heterocycles. The third kappa shape index (κ3) is 6.57. The van der Waals surface area contributed by atoms with Gasteiger partial charge >= 0.3 is 5.97 Å². The van der Waals surface area contributed by atoms with Crippen LogP contribution in [0.1, 0.15) is 29.3 Å². The second kappa shape index (κ2) is 10.5. The fourth-order valence-electron chi connectivity index (χ4n) is 2.64. The number of benzene rings is 2. The first-order chi connectivity index (χ1) is 13.0. The highest BCUT2D eigenvalue weighted by Gasteiger charge is 2.09. The largest absolute Gasteiger partial charge is 0.462 e. The maximum Gasteiger partial charge on any atom is 0.338 e. The van der Waals surface area contributed by atoms with E-state index in [1.807, 2.05) is 31.2 Å². The number of nitrogens with zero attached hydrogens (tertiary/aromatic N) is 1. The van der Waals surface area contributed by atoms with Gasteiger partial charge in [-0.05, 0) is 68.4 Å². The number of nitrogens with one attached hydrogen (secondary N) is 2. The van der Waals surface area contributed by atoms with Crippen LogP contribution in [0.25, 0.3) is 0 Å². The van der Waals surface area contributed by atoms with Crippen molar-refractivity contribution < 1.29 is 9.53 Å². The monoisotopic (exact) mass is 385 g/mol. The van der Waals surface area contributed by atoms with Crippen LogP contribution in [-0.2, 0) is 4.74 Å². The summed E-state index contributed by atoms with van der Waals surface area (Å²) in [5.74, 6) is -0.310. The van der Waals surface area contributed by atoms with E-state index >= 15 is 0 Å². The lowest BCUT2D eigenvalue weighted by Crippen LogP contribution is -2.31. The minimum absolute atomic E-state index is 0.310. The van der Waals surface area contributed by atoms with E-state index in [0.717, 1.165) is 30.8 Å². The Balaban J connectivity index is 1.76. The smallest absolute Gasteiger partial charge is 0.338 e. The lowest BCUT2D eigenvalue weighted by molar-refractivity contribution is 0.0526. The molecule has 0 saturated carbocycles. The van der Waals surface area contributed by atoms with Gasteiger partial charge in [-0.25, -0.2) is 4.79 Å². The van der Waals surface area contributed by atoms with Gasteiger partial charge in [0.2, 0.25) is 0 Å². The number of para-hydroxylation sites is 1. The number of rotatable bonds is 8. The molecule has 0 aromatic heterocycles. The molecule has 2 rings (SSSR count). The number of anilines is 2. The molecule has 2 N–H and O–H groups in total. The fraction of sp³-hybridized carbons (Fsp3) is 0.333. The second-order valence-corrected chi connectivity index (χ2v) is 6.65. The van der Waals surface area contributed by atoms with Gasteiger partial charge in [0, 0.05) is 31.5 Å². The van der Waals surface area contributed by atoms with Crippen LogP contribution >= 0.6 is 12.2 Å². The van der Waals surface area contributed by atoms with Gasteiger partial charge in [-0.1, -0.05) is 18.2 Å². The zero-order chi connectivity index (χ0) is 19.6. The van der Waals surface area contributed by atoms with Crippen molar-refractivity contribution in [1.29, 1.82) is 0 Å². The Labute approximate surface area is 166 Å². The van der Waals surface area contributed by atoms with Gasteiger partial charge in [0.25, 0.3) is 0 Å². The van der Waals surface area contributed by atoms with Crippen LogP contribution in [0.5, 0.6) is 0 Å². The molecule has 2 aromatic rings. The number of hydrogen-bond donors (Lipinski definition) is 2. The Morgan fingerprint density at radius 3 is 2.59 bits per heavy atom. The Bertz CT molecular complexity index is 765. The average molecular weight is 386 g/mol. The minimum Gasteiger partial charge on any atom is -0.462 e. The molecule has 0 unspecified atom stereocenters. The summed E-state index contributed by atoms with van der Waals surface area (Å²) in [5.41, 5.74) is 3.56. The predicted octanol–water partition coefficient (Wildman–Crippen LogP) is 3.98. The first-order valence-corrected chi connectivity index (χ1v) is 9.51. The summed E-state index contributed by atoms with van der Waals surface area (Å²) in [6.07, 6.45) is 0.966. The summed E-state index contributed by atoms with van der Waals surface area (Å²) in [6, 6.07) is 15.7. The summed E-state index contributed by atoms with van der Waals surface area (Å²) in [4.78, 5) is 14.0. The van der Waals surface area contributed by atoms with Gasteiger partial charge in [0.05, 0.1) is 12.2 Å². The van der Waals surface area contributed by atoms with E-state index in [1.54, 1.807) is 19.1 Å². The molecule has 0 bridgehead atoms. The first kappa shape index (κ1) is 20.7. The summed E-state index contributed by atoms with van der Waals surface area (Å²) in [5, 5.41) is 6.98. The van der Waals surface area contributed by atoms with Gasteiger partial charge in [0.15, 0.2) is 5.11 Å². The topological polar surface area (TPSA) is 53.6 Å². The number of carbonyl (C=O) groups is 1. The molecule has 6 heteroatoms. The van der Waals surface area contributed by atoms with Crippen LogP contribution in [0.3, 0.4) is 0 Å². The molecule has 0 aliphatic rings. The maximum atomic E-state index is 11.8. The number of aryl methyl sites for hydroxylation is 1. The number of hydrogen-bond acceptors (Lipinski definition) is 4. The van der Waals surface area contributed by atoms with Crippen molar-refractivity contribution in [1.82, 2.24) is 5.32 Å². The van der Waals surface area contributed by atoms with Crippen molar-refractivity contribution >= 4 is 34.7 Å². The van der Waals surface area contributed by atoms with Gasteiger partial charge < -0.3 is 20.3 Å². The molecule has 2 aromatic carbocycles. The average Bonchev–Trinajstić information content (AvgIpc) is 2.67. The highest BCUT2D eigenvalue weighted by atomic mass is 32.1. The van der Waals surface area contributed by atoms with Gasteiger partial charge in [-0.2, -0.15) is 0 Å². The third-order valence-electron chi connectivity index (χ3n) is 4.14. The Kier molecular flexibility index (Phi) is 8.07. The van der Waals surface area contributed by atoms with Crippen LogP contribution in [0, 0.1) is 6.92 Å². The summed E-state index contributed by atoms with van der Waals surface area (Å²) in [7, 11) is 2.08. The second-order valence-electron chi connectivity index (χ2n) is 6.24. The van der Waals surface area contributed by atoms with E-state index in [4.69, 9.17) is 17.0 Å². The zero-order valence-electron chi connectivity index (χ0n) is 16.1. The van der Waals surface area contributed by atoms with Gasteiger partial charge in [-0.3, -0.25) is 0 Å². The van der Waals surface area contributed by atoms with Crippen molar-refractivity contribution in [2.45, 2.75) is 20.3 Å². The molecule has 0 fully saturated rings. The van der Waals surface area contributed by atoms with E-state index in [2.05, 4.69) is 34.7 Å². The highest BCUT2D eigenvalue weighted by molar-refractivity contribution is 7.80. The summed E-state index contributed by atoms with van der Waals surface area (Å²) < 4.78 is 5.02. The highest BCUT2D eigenvalue weighted by Crippen LogP contribution is 2.17.